The van der Waals surface area contributed by atoms with Crippen molar-refractivity contribution in [1.29, 1.82) is 0 Å². The summed E-state index contributed by atoms with van der Waals surface area (Å²) < 4.78 is 38.1. The van der Waals surface area contributed by atoms with Gasteiger partial charge in [0, 0.05) is 44.4 Å². The lowest BCUT2D eigenvalue weighted by atomic mass is 10.2. The van der Waals surface area contributed by atoms with E-state index in [-0.39, 0.29) is 16.9 Å². The van der Waals surface area contributed by atoms with E-state index in [0.29, 0.717) is 69.0 Å². The van der Waals surface area contributed by atoms with E-state index in [9.17, 15) is 13.2 Å². The number of furan rings is 1. The van der Waals surface area contributed by atoms with Crippen molar-refractivity contribution in [3.05, 3.63) is 30.3 Å². The van der Waals surface area contributed by atoms with Crippen LogP contribution in [0.2, 0.25) is 0 Å². The minimum Gasteiger partial charge on any atom is -0.449 e. The summed E-state index contributed by atoms with van der Waals surface area (Å²) in [4.78, 5) is 16.3. The number of piperidine rings is 1. The summed E-state index contributed by atoms with van der Waals surface area (Å²) in [5, 5.41) is 3.48. The number of aromatic nitrogens is 1. The van der Waals surface area contributed by atoms with Gasteiger partial charge in [0.15, 0.2) is 11.3 Å². The van der Waals surface area contributed by atoms with E-state index in [4.69, 9.17) is 9.15 Å². The number of amides is 1. The fourth-order valence-corrected chi connectivity index (χ4v) is 6.84. The summed E-state index contributed by atoms with van der Waals surface area (Å²) >= 11 is 0. The van der Waals surface area contributed by atoms with Crippen LogP contribution < -0.4 is 5.32 Å². The zero-order chi connectivity index (χ0) is 20.0. The van der Waals surface area contributed by atoms with Crippen molar-refractivity contribution in [2.24, 2.45) is 17.8 Å². The molecule has 9 heteroatoms. The molecule has 2 aromatic heterocycles. The highest BCUT2D eigenvalue weighted by Crippen LogP contribution is 2.54. The first kappa shape index (κ1) is 19.0. The van der Waals surface area contributed by atoms with Crippen molar-refractivity contribution >= 4 is 26.9 Å². The van der Waals surface area contributed by atoms with Crippen LogP contribution in [0, 0.1) is 17.8 Å². The van der Waals surface area contributed by atoms with Crippen LogP contribution in [0.1, 0.15) is 29.8 Å². The van der Waals surface area contributed by atoms with Crippen LogP contribution in [0.5, 0.6) is 0 Å². The molecule has 5 rings (SSSR count). The highest BCUT2D eigenvalue weighted by atomic mass is 32.2. The van der Waals surface area contributed by atoms with Crippen molar-refractivity contribution in [3.8, 4) is 0 Å². The molecular formula is C20H25N3O5S. The van der Waals surface area contributed by atoms with Gasteiger partial charge in [0.1, 0.15) is 0 Å². The van der Waals surface area contributed by atoms with Crippen molar-refractivity contribution in [2.45, 2.75) is 24.5 Å². The lowest BCUT2D eigenvalue weighted by molar-refractivity contribution is 0.0926. The summed E-state index contributed by atoms with van der Waals surface area (Å²) in [5.41, 5.74) is 0.597. The first-order valence-corrected chi connectivity index (χ1v) is 11.7. The predicted octanol–water partition coefficient (Wildman–Crippen LogP) is 1.63. The average Bonchev–Trinajstić information content (AvgIpc) is 3.11. The third-order valence-corrected chi connectivity index (χ3v) is 8.93. The van der Waals surface area contributed by atoms with Crippen molar-refractivity contribution < 1.29 is 22.4 Å². The molecule has 1 saturated carbocycles. The number of rotatable bonds is 6. The van der Waals surface area contributed by atoms with Gasteiger partial charge < -0.3 is 14.5 Å². The number of pyridine rings is 1. The van der Waals surface area contributed by atoms with E-state index in [0.717, 1.165) is 11.8 Å². The zero-order valence-corrected chi connectivity index (χ0v) is 16.9. The Hall–Kier alpha value is -1.97. The molecule has 0 bridgehead atoms. The third kappa shape index (κ3) is 3.55. The van der Waals surface area contributed by atoms with Gasteiger partial charge in [-0.25, -0.2) is 12.7 Å². The Labute approximate surface area is 169 Å². The second-order valence-corrected chi connectivity index (χ2v) is 10.4. The third-order valence-electron chi connectivity index (χ3n) is 6.60. The van der Waals surface area contributed by atoms with Gasteiger partial charge in [0.2, 0.25) is 10.0 Å². The zero-order valence-electron chi connectivity index (χ0n) is 16.1. The minimum absolute atomic E-state index is 0.226. The number of ether oxygens (including phenoxy) is 1. The van der Waals surface area contributed by atoms with Gasteiger partial charge in [-0.05, 0) is 49.1 Å². The molecular weight excluding hydrogens is 394 g/mol. The largest absolute Gasteiger partial charge is 0.449 e. The molecule has 0 radical (unpaired) electrons. The van der Waals surface area contributed by atoms with Crippen molar-refractivity contribution in [3.63, 3.8) is 0 Å². The van der Waals surface area contributed by atoms with E-state index < -0.39 is 10.0 Å². The molecule has 1 N–H and O–H groups in total. The molecule has 2 aliphatic heterocycles. The Morgan fingerprint density at radius 1 is 1.24 bits per heavy atom. The van der Waals surface area contributed by atoms with Gasteiger partial charge >= 0.3 is 0 Å². The molecule has 2 saturated heterocycles. The number of hydrogen-bond acceptors (Lipinski definition) is 6. The monoisotopic (exact) mass is 419 g/mol. The van der Waals surface area contributed by atoms with Crippen LogP contribution in [-0.4, -0.2) is 61.7 Å². The Bertz CT molecular complexity index is 969. The van der Waals surface area contributed by atoms with E-state index in [1.54, 1.807) is 28.8 Å². The van der Waals surface area contributed by atoms with E-state index in [1.165, 1.54) is 0 Å². The standard InChI is InChI=1S/C20H25N3O5S/c24-20(18-9-13-1-5-21-10-19(13)28-18)22-6-2-15-16-11-23(12-17(15)16)29(25,26)14-3-7-27-8-4-14/h1,5,9-10,14-17H,2-4,6-8,11-12H2,(H,22,24)/t15-,16-,17+. The molecule has 1 amide bonds. The number of hydrogen-bond donors (Lipinski definition) is 1. The van der Waals surface area contributed by atoms with Crippen LogP contribution in [0.4, 0.5) is 0 Å². The van der Waals surface area contributed by atoms with Crippen LogP contribution in [-0.2, 0) is 14.8 Å². The maximum Gasteiger partial charge on any atom is 0.287 e. The lowest BCUT2D eigenvalue weighted by Crippen LogP contribution is -2.41. The Balaban J connectivity index is 1.09. The van der Waals surface area contributed by atoms with E-state index in [2.05, 4.69) is 10.3 Å². The molecule has 0 aromatic carbocycles. The fraction of sp³-hybridized carbons (Fsp3) is 0.600. The van der Waals surface area contributed by atoms with Crippen LogP contribution in [0.3, 0.4) is 0 Å². The quantitative estimate of drug-likeness (QED) is 0.764. The molecule has 3 atom stereocenters. The summed E-state index contributed by atoms with van der Waals surface area (Å²) in [7, 11) is -3.20. The number of nitrogens with zero attached hydrogens (tertiary/aromatic N) is 2. The molecule has 0 spiro atoms. The SMILES string of the molecule is O=C(NCC[C@@H]1[C@H]2CN(S(=O)(=O)C3CCOCC3)C[C@@H]12)c1cc2ccncc2o1. The Kier molecular flexibility index (Phi) is 4.84. The molecule has 8 nitrogen and oxygen atoms in total. The topological polar surface area (TPSA) is 102 Å². The van der Waals surface area contributed by atoms with Gasteiger partial charge in [-0.2, -0.15) is 0 Å². The predicted molar refractivity (Wildman–Crippen MR) is 106 cm³/mol. The fourth-order valence-electron chi connectivity index (χ4n) is 4.87. The van der Waals surface area contributed by atoms with Gasteiger partial charge in [0.05, 0.1) is 11.4 Å². The van der Waals surface area contributed by atoms with Gasteiger partial charge in [0.25, 0.3) is 5.91 Å². The first-order valence-electron chi connectivity index (χ1n) is 10.2. The number of nitrogens with one attached hydrogen (secondary N) is 1. The molecule has 3 fully saturated rings. The molecule has 0 unspecified atom stereocenters. The van der Waals surface area contributed by atoms with Gasteiger partial charge in [-0.3, -0.25) is 9.78 Å². The number of carbonyl (C=O) groups excluding carboxylic acids is 1. The molecule has 156 valence electrons. The smallest absolute Gasteiger partial charge is 0.287 e. The van der Waals surface area contributed by atoms with Crippen LogP contribution in [0.25, 0.3) is 11.0 Å². The molecule has 3 aliphatic rings. The summed E-state index contributed by atoms with van der Waals surface area (Å²) in [5.74, 6) is 1.42. The average molecular weight is 420 g/mol. The molecule has 4 heterocycles. The Morgan fingerprint density at radius 2 is 2.00 bits per heavy atom. The number of carbonyl (C=O) groups is 1. The number of fused-ring (bicyclic) bond motifs is 2. The molecule has 29 heavy (non-hydrogen) atoms. The summed E-state index contributed by atoms with van der Waals surface area (Å²) in [6, 6.07) is 3.53. The normalized spacial score (nSPS) is 27.8. The minimum atomic E-state index is -3.20. The molecule has 1 aliphatic carbocycles. The van der Waals surface area contributed by atoms with E-state index in [1.807, 2.05) is 0 Å². The number of sulfonamides is 1. The van der Waals surface area contributed by atoms with E-state index >= 15 is 0 Å². The highest BCUT2D eigenvalue weighted by Gasteiger charge is 2.57. The lowest BCUT2D eigenvalue weighted by Gasteiger charge is -2.28. The Morgan fingerprint density at radius 3 is 2.72 bits per heavy atom. The van der Waals surface area contributed by atoms with Gasteiger partial charge in [-0.15, -0.1) is 0 Å². The van der Waals surface area contributed by atoms with Crippen LogP contribution in [0.15, 0.2) is 28.9 Å². The van der Waals surface area contributed by atoms with Crippen molar-refractivity contribution in [1.82, 2.24) is 14.6 Å². The first-order chi connectivity index (χ1) is 14.0. The van der Waals surface area contributed by atoms with Gasteiger partial charge in [-0.1, -0.05) is 0 Å². The second-order valence-electron chi connectivity index (χ2n) is 8.23. The highest BCUT2D eigenvalue weighted by molar-refractivity contribution is 7.89. The molecule has 2 aromatic rings. The second kappa shape index (κ2) is 7.37. The van der Waals surface area contributed by atoms with Crippen LogP contribution >= 0.6 is 0 Å². The maximum absolute atomic E-state index is 12.8. The van der Waals surface area contributed by atoms with Crippen molar-refractivity contribution in [2.75, 3.05) is 32.8 Å². The summed E-state index contributed by atoms with van der Waals surface area (Å²) in [6.45, 7) is 2.89. The maximum atomic E-state index is 12.8. The summed E-state index contributed by atoms with van der Waals surface area (Å²) in [6.07, 6.45) is 5.32.